The maximum absolute atomic E-state index is 5.93. The number of benzene rings is 1. The highest BCUT2D eigenvalue weighted by Crippen LogP contribution is 2.19. The van der Waals surface area contributed by atoms with Gasteiger partial charge >= 0.3 is 0 Å². The van der Waals surface area contributed by atoms with E-state index in [-0.39, 0.29) is 0 Å². The summed E-state index contributed by atoms with van der Waals surface area (Å²) in [5, 5.41) is 3.59. The highest BCUT2D eigenvalue weighted by atomic mass is 14.9. The first kappa shape index (κ1) is 10.5. The van der Waals surface area contributed by atoms with Crippen LogP contribution in [0.3, 0.4) is 0 Å². The fourth-order valence-electron chi connectivity index (χ4n) is 2.27. The average molecular weight is 204 g/mol. The van der Waals surface area contributed by atoms with Crippen LogP contribution in [-0.4, -0.2) is 6.04 Å². The highest BCUT2D eigenvalue weighted by molar-refractivity contribution is 5.48. The van der Waals surface area contributed by atoms with Crippen molar-refractivity contribution in [2.75, 3.05) is 5.73 Å². The fraction of sp³-hybridized carbons (Fsp3) is 0.538. The summed E-state index contributed by atoms with van der Waals surface area (Å²) >= 11 is 0. The Morgan fingerprint density at radius 3 is 2.80 bits per heavy atom. The van der Waals surface area contributed by atoms with Gasteiger partial charge in [-0.2, -0.15) is 0 Å². The molecule has 0 saturated heterocycles. The van der Waals surface area contributed by atoms with E-state index in [0.29, 0.717) is 6.04 Å². The summed E-state index contributed by atoms with van der Waals surface area (Å²) in [7, 11) is 0. The SMILES string of the molecule is Cc1ccc(N)c(CNC2CCCC2)c1. The van der Waals surface area contributed by atoms with Crippen molar-refractivity contribution in [3.8, 4) is 0 Å². The van der Waals surface area contributed by atoms with Crippen LogP contribution in [0, 0.1) is 6.92 Å². The molecule has 2 heteroatoms. The van der Waals surface area contributed by atoms with E-state index < -0.39 is 0 Å². The van der Waals surface area contributed by atoms with Crippen molar-refractivity contribution in [2.45, 2.75) is 45.2 Å². The molecule has 2 nitrogen and oxygen atoms in total. The molecule has 0 atom stereocenters. The standard InChI is InChI=1S/C13H20N2/c1-10-6-7-13(14)11(8-10)9-15-12-4-2-3-5-12/h6-8,12,15H,2-5,9,14H2,1H3. The minimum absolute atomic E-state index is 0.713. The van der Waals surface area contributed by atoms with Crippen molar-refractivity contribution in [1.82, 2.24) is 5.32 Å². The molecule has 1 aromatic rings. The monoisotopic (exact) mass is 204 g/mol. The molecule has 82 valence electrons. The van der Waals surface area contributed by atoms with Crippen molar-refractivity contribution in [2.24, 2.45) is 0 Å². The molecule has 0 heterocycles. The molecule has 0 unspecified atom stereocenters. The smallest absolute Gasteiger partial charge is 0.0359 e. The van der Waals surface area contributed by atoms with Gasteiger partial charge in [0.1, 0.15) is 0 Å². The predicted octanol–water partition coefficient (Wildman–Crippen LogP) is 2.61. The van der Waals surface area contributed by atoms with Crippen molar-refractivity contribution in [1.29, 1.82) is 0 Å². The number of anilines is 1. The Labute approximate surface area is 91.9 Å². The van der Waals surface area contributed by atoms with Crippen LogP contribution in [0.4, 0.5) is 5.69 Å². The van der Waals surface area contributed by atoms with Crippen LogP contribution in [0.2, 0.25) is 0 Å². The molecule has 1 aliphatic carbocycles. The number of hydrogen-bond donors (Lipinski definition) is 2. The quantitative estimate of drug-likeness (QED) is 0.743. The van der Waals surface area contributed by atoms with Crippen LogP contribution in [0.5, 0.6) is 0 Å². The van der Waals surface area contributed by atoms with Gasteiger partial charge < -0.3 is 11.1 Å². The zero-order valence-corrected chi connectivity index (χ0v) is 9.42. The second-order valence-electron chi connectivity index (χ2n) is 4.56. The number of rotatable bonds is 3. The van der Waals surface area contributed by atoms with Crippen molar-refractivity contribution in [3.05, 3.63) is 29.3 Å². The van der Waals surface area contributed by atoms with Crippen LogP contribution < -0.4 is 11.1 Å². The number of nitrogen functional groups attached to an aromatic ring is 1. The van der Waals surface area contributed by atoms with Crippen LogP contribution in [0.1, 0.15) is 36.8 Å². The average Bonchev–Trinajstić information content (AvgIpc) is 2.72. The molecule has 3 N–H and O–H groups in total. The van der Waals surface area contributed by atoms with Gasteiger partial charge in [-0.05, 0) is 31.4 Å². The molecule has 0 bridgehead atoms. The lowest BCUT2D eigenvalue weighted by Crippen LogP contribution is -2.25. The van der Waals surface area contributed by atoms with Crippen LogP contribution in [-0.2, 0) is 6.54 Å². The summed E-state index contributed by atoms with van der Waals surface area (Å²) in [5.74, 6) is 0. The largest absolute Gasteiger partial charge is 0.398 e. The van der Waals surface area contributed by atoms with E-state index in [2.05, 4.69) is 24.4 Å². The van der Waals surface area contributed by atoms with E-state index in [0.717, 1.165) is 12.2 Å². The summed E-state index contributed by atoms with van der Waals surface area (Å²) in [6.07, 6.45) is 5.40. The molecule has 0 spiro atoms. The minimum atomic E-state index is 0.713. The molecule has 0 radical (unpaired) electrons. The summed E-state index contributed by atoms with van der Waals surface area (Å²) in [5.41, 5.74) is 9.37. The Bertz CT molecular complexity index is 327. The summed E-state index contributed by atoms with van der Waals surface area (Å²) < 4.78 is 0. The van der Waals surface area contributed by atoms with E-state index in [1.165, 1.54) is 36.8 Å². The van der Waals surface area contributed by atoms with Crippen LogP contribution in [0.25, 0.3) is 0 Å². The van der Waals surface area contributed by atoms with Gasteiger partial charge in [-0.3, -0.25) is 0 Å². The van der Waals surface area contributed by atoms with E-state index in [4.69, 9.17) is 5.73 Å². The molecule has 1 aliphatic rings. The lowest BCUT2D eigenvalue weighted by atomic mass is 10.1. The summed E-state index contributed by atoms with van der Waals surface area (Å²) in [6, 6.07) is 6.96. The van der Waals surface area contributed by atoms with Gasteiger partial charge in [0.25, 0.3) is 0 Å². The Hall–Kier alpha value is -1.02. The molecule has 15 heavy (non-hydrogen) atoms. The highest BCUT2D eigenvalue weighted by Gasteiger charge is 2.14. The zero-order valence-electron chi connectivity index (χ0n) is 9.42. The first-order valence-corrected chi connectivity index (χ1v) is 5.84. The molecule has 0 aliphatic heterocycles. The Kier molecular flexibility index (Phi) is 3.27. The molecular formula is C13H20N2. The van der Waals surface area contributed by atoms with Gasteiger partial charge in [0.15, 0.2) is 0 Å². The number of hydrogen-bond acceptors (Lipinski definition) is 2. The number of aryl methyl sites for hydroxylation is 1. The van der Waals surface area contributed by atoms with Gasteiger partial charge in [0.2, 0.25) is 0 Å². The van der Waals surface area contributed by atoms with E-state index in [1.807, 2.05) is 6.07 Å². The van der Waals surface area contributed by atoms with Gasteiger partial charge in [-0.25, -0.2) is 0 Å². The Morgan fingerprint density at radius 1 is 1.33 bits per heavy atom. The third-order valence-corrected chi connectivity index (χ3v) is 3.23. The first-order valence-electron chi connectivity index (χ1n) is 5.84. The summed E-state index contributed by atoms with van der Waals surface area (Å²) in [6.45, 7) is 3.02. The maximum atomic E-state index is 5.93. The summed E-state index contributed by atoms with van der Waals surface area (Å²) in [4.78, 5) is 0. The maximum Gasteiger partial charge on any atom is 0.0359 e. The third kappa shape index (κ3) is 2.72. The van der Waals surface area contributed by atoms with Crippen molar-refractivity contribution in [3.63, 3.8) is 0 Å². The van der Waals surface area contributed by atoms with Crippen LogP contribution >= 0.6 is 0 Å². The predicted molar refractivity (Wildman–Crippen MR) is 64.7 cm³/mol. The fourth-order valence-corrected chi connectivity index (χ4v) is 2.27. The van der Waals surface area contributed by atoms with E-state index in [1.54, 1.807) is 0 Å². The van der Waals surface area contributed by atoms with Crippen LogP contribution in [0.15, 0.2) is 18.2 Å². The third-order valence-electron chi connectivity index (χ3n) is 3.23. The Balaban J connectivity index is 1.94. The normalized spacial score (nSPS) is 17.1. The van der Waals surface area contributed by atoms with E-state index in [9.17, 15) is 0 Å². The van der Waals surface area contributed by atoms with Gasteiger partial charge in [-0.1, -0.05) is 30.5 Å². The van der Waals surface area contributed by atoms with Crippen molar-refractivity contribution >= 4 is 5.69 Å². The molecule has 1 aromatic carbocycles. The lowest BCUT2D eigenvalue weighted by Gasteiger charge is -2.13. The number of nitrogens with one attached hydrogen (secondary N) is 1. The van der Waals surface area contributed by atoms with Gasteiger partial charge in [0.05, 0.1) is 0 Å². The molecule has 0 aromatic heterocycles. The van der Waals surface area contributed by atoms with E-state index >= 15 is 0 Å². The molecule has 2 rings (SSSR count). The second kappa shape index (κ2) is 4.67. The molecule has 0 amide bonds. The second-order valence-corrected chi connectivity index (χ2v) is 4.56. The zero-order chi connectivity index (χ0) is 10.7. The first-order chi connectivity index (χ1) is 7.25. The molecule has 1 fully saturated rings. The van der Waals surface area contributed by atoms with Gasteiger partial charge in [-0.15, -0.1) is 0 Å². The van der Waals surface area contributed by atoms with Gasteiger partial charge in [0, 0.05) is 18.3 Å². The molecular weight excluding hydrogens is 184 g/mol. The number of nitrogens with two attached hydrogens (primary N) is 1. The van der Waals surface area contributed by atoms with Crippen molar-refractivity contribution < 1.29 is 0 Å². The minimum Gasteiger partial charge on any atom is -0.398 e. The molecule has 1 saturated carbocycles. The lowest BCUT2D eigenvalue weighted by molar-refractivity contribution is 0.524. The topological polar surface area (TPSA) is 38.0 Å². The Morgan fingerprint density at radius 2 is 2.07 bits per heavy atom.